The topological polar surface area (TPSA) is 84.5 Å². The average molecular weight is 197 g/mol. The molecule has 0 fully saturated rings. The second kappa shape index (κ2) is 4.32. The molecule has 2 amide bonds. The number of nitrogens with one attached hydrogen (secondary N) is 1. The highest BCUT2D eigenvalue weighted by Gasteiger charge is 2.29. The lowest BCUT2D eigenvalue weighted by molar-refractivity contribution is -0.132. The van der Waals surface area contributed by atoms with E-state index in [1.165, 1.54) is 6.92 Å². The van der Waals surface area contributed by atoms with Crippen molar-refractivity contribution < 1.29 is 9.59 Å². The minimum absolute atomic E-state index is 0.306. The van der Waals surface area contributed by atoms with Crippen molar-refractivity contribution in [1.29, 1.82) is 0 Å². The first-order chi connectivity index (χ1) is 6.56. The second-order valence-electron chi connectivity index (χ2n) is 3.44. The van der Waals surface area contributed by atoms with E-state index >= 15 is 0 Å². The summed E-state index contributed by atoms with van der Waals surface area (Å²) in [6.07, 6.45) is 1.60. The van der Waals surface area contributed by atoms with E-state index in [9.17, 15) is 9.59 Å². The van der Waals surface area contributed by atoms with Crippen LogP contribution < -0.4 is 11.1 Å². The Bertz CT molecular complexity index is 286. The molecule has 0 saturated carbocycles. The van der Waals surface area contributed by atoms with Crippen LogP contribution in [-0.2, 0) is 9.59 Å². The van der Waals surface area contributed by atoms with Crippen LogP contribution in [0.3, 0.4) is 0 Å². The Balaban J connectivity index is 2.76. The number of nitrogens with zero attached hydrogens (tertiary/aromatic N) is 1. The monoisotopic (exact) mass is 197 g/mol. The van der Waals surface area contributed by atoms with Gasteiger partial charge < -0.3 is 11.1 Å². The summed E-state index contributed by atoms with van der Waals surface area (Å²) >= 11 is 0. The van der Waals surface area contributed by atoms with E-state index in [1.807, 2.05) is 6.92 Å². The van der Waals surface area contributed by atoms with Crippen molar-refractivity contribution in [3.8, 4) is 0 Å². The number of carbonyl (C=O) groups excluding carboxylic acids is 2. The van der Waals surface area contributed by atoms with Gasteiger partial charge in [-0.2, -0.15) is 4.99 Å². The summed E-state index contributed by atoms with van der Waals surface area (Å²) < 4.78 is 0. The van der Waals surface area contributed by atoms with Crippen molar-refractivity contribution in [2.45, 2.75) is 32.7 Å². The molecule has 0 bridgehead atoms. The van der Waals surface area contributed by atoms with Gasteiger partial charge in [0.25, 0.3) is 5.91 Å². The molecule has 1 heterocycles. The number of rotatable bonds is 3. The van der Waals surface area contributed by atoms with Crippen LogP contribution in [-0.4, -0.2) is 23.7 Å². The molecule has 0 aromatic heterocycles. The lowest BCUT2D eigenvalue weighted by atomic mass is 10.1. The quantitative estimate of drug-likeness (QED) is 0.615. The van der Waals surface area contributed by atoms with Crippen molar-refractivity contribution in [1.82, 2.24) is 5.32 Å². The molecule has 1 aliphatic heterocycles. The van der Waals surface area contributed by atoms with Crippen LogP contribution in [0.5, 0.6) is 0 Å². The first-order valence-corrected chi connectivity index (χ1v) is 4.75. The van der Waals surface area contributed by atoms with Gasteiger partial charge in [-0.25, -0.2) is 0 Å². The molecule has 2 atom stereocenters. The smallest absolute Gasteiger partial charge is 0.259 e. The zero-order chi connectivity index (χ0) is 10.7. The molecule has 0 radical (unpaired) electrons. The van der Waals surface area contributed by atoms with Crippen LogP contribution in [0.15, 0.2) is 4.99 Å². The third kappa shape index (κ3) is 2.17. The lowest BCUT2D eigenvalue weighted by Crippen LogP contribution is -2.50. The molecule has 0 saturated heterocycles. The van der Waals surface area contributed by atoms with E-state index in [4.69, 9.17) is 5.73 Å². The van der Waals surface area contributed by atoms with Crippen LogP contribution in [0.2, 0.25) is 0 Å². The summed E-state index contributed by atoms with van der Waals surface area (Å²) in [4.78, 5) is 26.2. The minimum Gasteiger partial charge on any atom is -0.321 e. The van der Waals surface area contributed by atoms with E-state index in [2.05, 4.69) is 10.3 Å². The maximum atomic E-state index is 11.3. The molecule has 78 valence electrons. The number of amidine groups is 1. The Hall–Kier alpha value is -1.23. The molecule has 3 N–H and O–H groups in total. The molecule has 1 rings (SSSR count). The van der Waals surface area contributed by atoms with Crippen molar-refractivity contribution in [2.24, 2.45) is 16.6 Å². The summed E-state index contributed by atoms with van der Waals surface area (Å²) in [5.74, 6) is -1.10. The predicted octanol–water partition coefficient (Wildman–Crippen LogP) is -0.195. The molecular weight excluding hydrogens is 182 g/mol. The minimum atomic E-state index is -0.687. The van der Waals surface area contributed by atoms with Gasteiger partial charge in [0.1, 0.15) is 11.8 Å². The van der Waals surface area contributed by atoms with Gasteiger partial charge in [-0.05, 0) is 13.3 Å². The number of aliphatic imine (C=N–C) groups is 1. The molecule has 1 aliphatic rings. The number of hydrogen-bond donors (Lipinski definition) is 2. The maximum absolute atomic E-state index is 11.3. The van der Waals surface area contributed by atoms with E-state index in [1.54, 1.807) is 0 Å². The van der Waals surface area contributed by atoms with Gasteiger partial charge in [0.15, 0.2) is 0 Å². The fourth-order valence-corrected chi connectivity index (χ4v) is 1.21. The van der Waals surface area contributed by atoms with E-state index in [0.29, 0.717) is 12.3 Å². The molecule has 0 spiro atoms. The highest BCUT2D eigenvalue weighted by Crippen LogP contribution is 2.06. The molecule has 5 nitrogen and oxygen atoms in total. The number of amides is 2. The van der Waals surface area contributed by atoms with E-state index < -0.39 is 11.8 Å². The summed E-state index contributed by atoms with van der Waals surface area (Å²) in [7, 11) is 0. The van der Waals surface area contributed by atoms with Crippen LogP contribution in [0, 0.1) is 5.92 Å². The van der Waals surface area contributed by atoms with Gasteiger partial charge in [0, 0.05) is 0 Å². The third-order valence-electron chi connectivity index (χ3n) is 2.20. The van der Waals surface area contributed by atoms with E-state index in [-0.39, 0.29) is 11.9 Å². The Morgan fingerprint density at radius 2 is 2.21 bits per heavy atom. The van der Waals surface area contributed by atoms with Crippen molar-refractivity contribution in [2.75, 3.05) is 0 Å². The fraction of sp³-hybridized carbons (Fsp3) is 0.667. The van der Waals surface area contributed by atoms with Crippen LogP contribution >= 0.6 is 0 Å². The molecule has 5 heteroatoms. The Labute approximate surface area is 82.8 Å². The highest BCUT2D eigenvalue weighted by molar-refractivity contribution is 6.16. The number of hydrogen-bond acceptors (Lipinski definition) is 3. The Morgan fingerprint density at radius 3 is 2.71 bits per heavy atom. The molecule has 0 aromatic rings. The first-order valence-electron chi connectivity index (χ1n) is 4.75. The number of carbonyl (C=O) groups is 2. The van der Waals surface area contributed by atoms with Crippen LogP contribution in [0.1, 0.15) is 26.7 Å². The third-order valence-corrected chi connectivity index (χ3v) is 2.20. The molecular formula is C9H15N3O2. The summed E-state index contributed by atoms with van der Waals surface area (Å²) in [5.41, 5.74) is 5.73. The standard InChI is InChI=1S/C9H15N3O2/c1-3-4-6(10)7-11-8(13)5(2)9(14)12-7/h5-6H,3-4,10H2,1-2H3,(H,11,12,13,14). The van der Waals surface area contributed by atoms with Crippen molar-refractivity contribution >= 4 is 17.6 Å². The molecule has 0 aliphatic carbocycles. The molecule has 14 heavy (non-hydrogen) atoms. The van der Waals surface area contributed by atoms with Crippen LogP contribution in [0.4, 0.5) is 0 Å². The van der Waals surface area contributed by atoms with Gasteiger partial charge in [-0.15, -0.1) is 0 Å². The van der Waals surface area contributed by atoms with Gasteiger partial charge in [-0.3, -0.25) is 9.59 Å². The number of nitrogens with two attached hydrogens (primary N) is 1. The van der Waals surface area contributed by atoms with Crippen LogP contribution in [0.25, 0.3) is 0 Å². The highest BCUT2D eigenvalue weighted by atomic mass is 16.2. The largest absolute Gasteiger partial charge is 0.321 e. The second-order valence-corrected chi connectivity index (χ2v) is 3.44. The molecule has 2 unspecified atom stereocenters. The zero-order valence-corrected chi connectivity index (χ0v) is 8.41. The zero-order valence-electron chi connectivity index (χ0n) is 8.41. The average Bonchev–Trinajstić information content (AvgIpc) is 2.13. The summed E-state index contributed by atoms with van der Waals surface area (Å²) in [6, 6.07) is -0.347. The van der Waals surface area contributed by atoms with E-state index in [0.717, 1.165) is 6.42 Å². The van der Waals surface area contributed by atoms with Gasteiger partial charge in [-0.1, -0.05) is 13.3 Å². The summed E-state index contributed by atoms with van der Waals surface area (Å²) in [5, 5.41) is 2.55. The molecule has 0 aromatic carbocycles. The van der Waals surface area contributed by atoms with Gasteiger partial charge in [0.2, 0.25) is 5.91 Å². The normalized spacial score (nSPS) is 24.2. The SMILES string of the molecule is CCCC(N)C1=NC(=O)C(C)C(=O)N1. The van der Waals surface area contributed by atoms with Crippen molar-refractivity contribution in [3.05, 3.63) is 0 Å². The maximum Gasteiger partial charge on any atom is 0.259 e. The summed E-state index contributed by atoms with van der Waals surface area (Å²) in [6.45, 7) is 3.51. The Kier molecular flexibility index (Phi) is 3.35. The first kappa shape index (κ1) is 10.8. The fourth-order valence-electron chi connectivity index (χ4n) is 1.21. The predicted molar refractivity (Wildman–Crippen MR) is 52.6 cm³/mol. The Morgan fingerprint density at radius 1 is 1.57 bits per heavy atom. The lowest BCUT2D eigenvalue weighted by Gasteiger charge is -2.20. The van der Waals surface area contributed by atoms with Crippen molar-refractivity contribution in [3.63, 3.8) is 0 Å². The van der Waals surface area contributed by atoms with Gasteiger partial charge in [0.05, 0.1) is 6.04 Å². The van der Waals surface area contributed by atoms with Gasteiger partial charge >= 0.3 is 0 Å².